The van der Waals surface area contributed by atoms with E-state index in [1.807, 2.05) is 60.6 Å². The molecule has 32 heavy (non-hydrogen) atoms. The summed E-state index contributed by atoms with van der Waals surface area (Å²) in [6.07, 6.45) is -0.00860. The molecule has 2 aliphatic heterocycles. The molecule has 0 aromatic heterocycles. The average Bonchev–Trinajstić information content (AvgIpc) is 2.71. The van der Waals surface area contributed by atoms with E-state index >= 15 is 0 Å². The molecule has 2 saturated heterocycles. The highest BCUT2D eigenvalue weighted by Crippen LogP contribution is 2.42. The standard InChI is InChI=1S/C25H38O7/c1-16-10-18(11-19(21(16)26)23(3,4)5)17(2)22(27)30-9-8-20-31-14-25(24(6,7)32-20)12-28-15-29-13-25/h10-11,17,20,26H,8-9,12-15H2,1-7H3. The first-order valence-electron chi connectivity index (χ1n) is 11.3. The van der Waals surface area contributed by atoms with Gasteiger partial charge in [-0.2, -0.15) is 0 Å². The Morgan fingerprint density at radius 3 is 2.47 bits per heavy atom. The molecule has 2 heterocycles. The van der Waals surface area contributed by atoms with E-state index in [1.165, 1.54) is 0 Å². The van der Waals surface area contributed by atoms with Crippen LogP contribution in [0.3, 0.4) is 0 Å². The zero-order valence-electron chi connectivity index (χ0n) is 20.4. The van der Waals surface area contributed by atoms with Gasteiger partial charge in [0.25, 0.3) is 0 Å². The lowest BCUT2D eigenvalue weighted by Gasteiger charge is -2.52. The van der Waals surface area contributed by atoms with E-state index < -0.39 is 17.8 Å². The summed E-state index contributed by atoms with van der Waals surface area (Å²) < 4.78 is 28.6. The molecule has 0 amide bonds. The summed E-state index contributed by atoms with van der Waals surface area (Å²) in [6, 6.07) is 3.75. The summed E-state index contributed by atoms with van der Waals surface area (Å²) in [5.74, 6) is -0.474. The number of ether oxygens (including phenoxy) is 5. The molecule has 1 aromatic rings. The van der Waals surface area contributed by atoms with Crippen LogP contribution < -0.4 is 0 Å². The van der Waals surface area contributed by atoms with Crippen molar-refractivity contribution in [3.63, 3.8) is 0 Å². The number of hydrogen-bond acceptors (Lipinski definition) is 7. The van der Waals surface area contributed by atoms with Gasteiger partial charge in [-0.05, 0) is 49.8 Å². The second kappa shape index (κ2) is 9.29. The Morgan fingerprint density at radius 2 is 1.88 bits per heavy atom. The van der Waals surface area contributed by atoms with Gasteiger partial charge in [-0.15, -0.1) is 0 Å². The van der Waals surface area contributed by atoms with Crippen molar-refractivity contribution in [3.8, 4) is 5.75 Å². The lowest BCUT2D eigenvalue weighted by Crippen LogP contribution is -2.61. The van der Waals surface area contributed by atoms with Crippen LogP contribution in [-0.2, 0) is 33.9 Å². The third kappa shape index (κ3) is 5.11. The molecule has 2 atom stereocenters. The van der Waals surface area contributed by atoms with E-state index in [9.17, 15) is 9.90 Å². The molecule has 1 N–H and O–H groups in total. The fourth-order valence-corrected chi connectivity index (χ4v) is 4.21. The predicted molar refractivity (Wildman–Crippen MR) is 120 cm³/mol. The molecule has 0 saturated carbocycles. The van der Waals surface area contributed by atoms with Crippen LogP contribution in [0, 0.1) is 12.3 Å². The smallest absolute Gasteiger partial charge is 0.313 e. The number of benzene rings is 1. The van der Waals surface area contributed by atoms with Gasteiger partial charge in [-0.25, -0.2) is 0 Å². The maximum Gasteiger partial charge on any atom is 0.313 e. The van der Waals surface area contributed by atoms with E-state index in [0.29, 0.717) is 33.0 Å². The number of hydrogen-bond donors (Lipinski definition) is 1. The van der Waals surface area contributed by atoms with Crippen molar-refractivity contribution in [1.82, 2.24) is 0 Å². The molecule has 0 radical (unpaired) electrons. The van der Waals surface area contributed by atoms with Crippen LogP contribution in [0.1, 0.15) is 70.6 Å². The van der Waals surface area contributed by atoms with Crippen molar-refractivity contribution < 1.29 is 33.6 Å². The molecule has 2 fully saturated rings. The van der Waals surface area contributed by atoms with Crippen LogP contribution in [-0.4, -0.2) is 56.2 Å². The van der Waals surface area contributed by atoms with Gasteiger partial charge in [0.15, 0.2) is 6.29 Å². The van der Waals surface area contributed by atoms with Crippen molar-refractivity contribution >= 4 is 5.97 Å². The molecule has 2 aliphatic rings. The van der Waals surface area contributed by atoms with Crippen LogP contribution in [0.4, 0.5) is 0 Å². The number of esters is 1. The summed E-state index contributed by atoms with van der Waals surface area (Å²) in [7, 11) is 0. The van der Waals surface area contributed by atoms with Crippen molar-refractivity contribution in [2.45, 2.75) is 78.1 Å². The van der Waals surface area contributed by atoms with Crippen molar-refractivity contribution in [1.29, 1.82) is 0 Å². The third-order valence-electron chi connectivity index (χ3n) is 6.75. The minimum absolute atomic E-state index is 0.202. The molecule has 2 unspecified atom stereocenters. The minimum Gasteiger partial charge on any atom is -0.507 e. The maximum atomic E-state index is 12.7. The van der Waals surface area contributed by atoms with E-state index in [-0.39, 0.29) is 29.2 Å². The van der Waals surface area contributed by atoms with Crippen LogP contribution in [0.25, 0.3) is 0 Å². The second-order valence-corrected chi connectivity index (χ2v) is 10.6. The number of aryl methyl sites for hydroxylation is 1. The number of phenols is 1. The van der Waals surface area contributed by atoms with Gasteiger partial charge in [0, 0.05) is 6.42 Å². The Bertz CT molecular complexity index is 818. The first kappa shape index (κ1) is 25.0. The molecule has 7 heteroatoms. The maximum absolute atomic E-state index is 12.7. The van der Waals surface area contributed by atoms with Gasteiger partial charge in [-0.3, -0.25) is 4.79 Å². The highest BCUT2D eigenvalue weighted by atomic mass is 16.7. The number of rotatable bonds is 5. The number of carbonyl (C=O) groups is 1. The van der Waals surface area contributed by atoms with Gasteiger partial charge in [0.05, 0.1) is 43.4 Å². The molecular formula is C25H38O7. The summed E-state index contributed by atoms with van der Waals surface area (Å²) in [5.41, 5.74) is 1.35. The third-order valence-corrected chi connectivity index (χ3v) is 6.75. The zero-order valence-corrected chi connectivity index (χ0v) is 20.4. The Labute approximate surface area is 191 Å². The van der Waals surface area contributed by atoms with E-state index in [2.05, 4.69) is 0 Å². The normalized spacial score (nSPS) is 23.7. The molecule has 3 rings (SSSR count). The molecule has 1 spiro atoms. The SMILES string of the molecule is Cc1cc(C(C)C(=O)OCCC2OCC3(COCOC3)C(C)(C)O2)cc(C(C)(C)C)c1O. The summed E-state index contributed by atoms with van der Waals surface area (Å²) in [5, 5.41) is 10.4. The quantitative estimate of drug-likeness (QED) is 0.674. The second-order valence-electron chi connectivity index (χ2n) is 10.6. The molecular weight excluding hydrogens is 412 g/mol. The van der Waals surface area contributed by atoms with E-state index in [0.717, 1.165) is 16.7 Å². The van der Waals surface area contributed by atoms with Gasteiger partial charge >= 0.3 is 5.97 Å². The Balaban J connectivity index is 1.56. The van der Waals surface area contributed by atoms with E-state index in [4.69, 9.17) is 23.7 Å². The van der Waals surface area contributed by atoms with Gasteiger partial charge in [-0.1, -0.05) is 32.9 Å². The molecule has 0 bridgehead atoms. The Kier molecular flexibility index (Phi) is 7.25. The van der Waals surface area contributed by atoms with Crippen molar-refractivity contribution in [3.05, 3.63) is 28.8 Å². The van der Waals surface area contributed by atoms with Crippen molar-refractivity contribution in [2.75, 3.05) is 33.2 Å². The highest BCUT2D eigenvalue weighted by molar-refractivity contribution is 5.78. The van der Waals surface area contributed by atoms with Crippen LogP contribution in [0.5, 0.6) is 5.75 Å². The first-order chi connectivity index (χ1) is 14.9. The highest BCUT2D eigenvalue weighted by Gasteiger charge is 2.53. The predicted octanol–water partition coefficient (Wildman–Crippen LogP) is 4.18. The van der Waals surface area contributed by atoms with Crippen LogP contribution in [0.15, 0.2) is 12.1 Å². The largest absolute Gasteiger partial charge is 0.507 e. The molecule has 0 aliphatic carbocycles. The van der Waals surface area contributed by atoms with Gasteiger partial charge in [0.1, 0.15) is 12.5 Å². The van der Waals surface area contributed by atoms with Gasteiger partial charge < -0.3 is 28.8 Å². The average molecular weight is 451 g/mol. The lowest BCUT2D eigenvalue weighted by molar-refractivity contribution is -0.342. The topological polar surface area (TPSA) is 83.5 Å². The monoisotopic (exact) mass is 450 g/mol. The minimum atomic E-state index is -0.486. The fraction of sp³-hybridized carbons (Fsp3) is 0.720. The Morgan fingerprint density at radius 1 is 1.22 bits per heavy atom. The molecule has 7 nitrogen and oxygen atoms in total. The molecule has 1 aromatic carbocycles. The number of carbonyl (C=O) groups excluding carboxylic acids is 1. The zero-order chi connectivity index (χ0) is 23.7. The Hall–Kier alpha value is -1.67. The van der Waals surface area contributed by atoms with Crippen LogP contribution >= 0.6 is 0 Å². The summed E-state index contributed by atoms with van der Waals surface area (Å²) in [4.78, 5) is 12.7. The fourth-order valence-electron chi connectivity index (χ4n) is 4.21. The lowest BCUT2D eigenvalue weighted by atomic mass is 9.74. The summed E-state index contributed by atoms with van der Waals surface area (Å²) in [6.45, 7) is 15.9. The summed E-state index contributed by atoms with van der Waals surface area (Å²) >= 11 is 0. The molecule has 180 valence electrons. The van der Waals surface area contributed by atoms with Gasteiger partial charge in [0.2, 0.25) is 0 Å². The number of phenolic OH excluding ortho intramolecular Hbond substituents is 1. The van der Waals surface area contributed by atoms with Crippen LogP contribution in [0.2, 0.25) is 0 Å². The first-order valence-corrected chi connectivity index (χ1v) is 11.3. The number of aromatic hydroxyl groups is 1. The van der Waals surface area contributed by atoms with Crippen molar-refractivity contribution in [2.24, 2.45) is 5.41 Å². The van der Waals surface area contributed by atoms with E-state index in [1.54, 1.807) is 0 Å².